The average Bonchev–Trinajstić information content (AvgIpc) is 3.81. The van der Waals surface area contributed by atoms with Crippen LogP contribution in [0.5, 0.6) is 0 Å². The summed E-state index contributed by atoms with van der Waals surface area (Å²) in [6.07, 6.45) is 0. The number of aromatic nitrogens is 4. The van der Waals surface area contributed by atoms with Crippen molar-refractivity contribution in [1.82, 2.24) is 19.5 Å². The Morgan fingerprint density at radius 2 is 0.534 bits per heavy atom. The first-order valence-electron chi connectivity index (χ1n) is 24.8. The SMILES string of the molecule is c1ccc(-c2ccc(-c3nc(-c4cc(-c5ccccc5)cc(-c5ccccc5)c4)nc(-c4cc(-c5ccccc5)c(-n5c6ccccc6c6cc(-c7ccccc7)ccc65)c(-c5ccccc5)c4)n3)cc2)cc1. The minimum atomic E-state index is 0.578. The molecule has 11 aromatic carbocycles. The van der Waals surface area contributed by atoms with Gasteiger partial charge in [-0.3, -0.25) is 0 Å². The summed E-state index contributed by atoms with van der Waals surface area (Å²) in [4.78, 5) is 16.3. The summed E-state index contributed by atoms with van der Waals surface area (Å²) < 4.78 is 2.46. The Hall–Kier alpha value is -9.77. The fraction of sp³-hybridized carbons (Fsp3) is 0. The number of hydrogen-bond acceptors (Lipinski definition) is 3. The lowest BCUT2D eigenvalue weighted by Crippen LogP contribution is -2.04. The highest BCUT2D eigenvalue weighted by Gasteiger charge is 2.24. The molecule has 2 aromatic heterocycles. The maximum atomic E-state index is 5.51. The molecule has 13 aromatic rings. The highest BCUT2D eigenvalue weighted by molar-refractivity contribution is 6.12. The van der Waals surface area contributed by atoms with E-state index in [2.05, 4.69) is 278 Å². The number of hydrogen-bond donors (Lipinski definition) is 0. The van der Waals surface area contributed by atoms with E-state index in [9.17, 15) is 0 Å². The van der Waals surface area contributed by atoms with Crippen LogP contribution < -0.4 is 0 Å². The molecule has 0 spiro atoms. The molecule has 0 N–H and O–H groups in total. The molecule has 0 saturated carbocycles. The van der Waals surface area contributed by atoms with Crippen molar-refractivity contribution in [3.63, 3.8) is 0 Å². The third-order valence-corrected chi connectivity index (χ3v) is 13.8. The van der Waals surface area contributed by atoms with Crippen LogP contribution in [0, 0.1) is 0 Å². The molecule has 4 nitrogen and oxygen atoms in total. The Bertz CT molecular complexity index is 3960. The summed E-state index contributed by atoms with van der Waals surface area (Å²) >= 11 is 0. The molecule has 0 unspecified atom stereocenters. The number of benzene rings is 11. The largest absolute Gasteiger partial charge is 0.308 e. The Balaban J connectivity index is 1.08. The molecule has 0 aliphatic carbocycles. The van der Waals surface area contributed by atoms with Crippen molar-refractivity contribution in [2.75, 3.05) is 0 Å². The zero-order valence-corrected chi connectivity index (χ0v) is 39.8. The summed E-state index contributed by atoms with van der Waals surface area (Å²) in [7, 11) is 0. The van der Waals surface area contributed by atoms with E-state index in [-0.39, 0.29) is 0 Å². The van der Waals surface area contributed by atoms with Crippen LogP contribution in [0.4, 0.5) is 0 Å². The average molecular weight is 931 g/mol. The zero-order valence-electron chi connectivity index (χ0n) is 39.8. The molecule has 0 aliphatic rings. The first-order chi connectivity index (χ1) is 36.2. The maximum Gasteiger partial charge on any atom is 0.164 e. The summed E-state index contributed by atoms with van der Waals surface area (Å²) in [6, 6.07) is 99.1. The fourth-order valence-corrected chi connectivity index (χ4v) is 10.3. The molecule has 0 atom stereocenters. The maximum absolute atomic E-state index is 5.51. The van der Waals surface area contributed by atoms with E-state index in [1.165, 1.54) is 21.9 Å². The number of fused-ring (bicyclic) bond motifs is 3. The standard InChI is InChI=1S/C69H46N4/c1-7-21-47(22-8-1)51-35-37-54(38-36-51)67-70-68(58-42-56(49-25-11-3-12-26-49)41-57(43-58)50-27-13-4-14-28-50)72-69(71-67)59-45-61(52-29-15-5-16-30-52)66(62(46-59)53-31-17-6-18-32-53)73-64-34-20-19-33-60(64)63-44-55(39-40-65(63)73)48-23-9-2-10-24-48/h1-46H. The van der Waals surface area contributed by atoms with Gasteiger partial charge in [0.25, 0.3) is 0 Å². The van der Waals surface area contributed by atoms with Gasteiger partial charge in [0.1, 0.15) is 0 Å². The van der Waals surface area contributed by atoms with Gasteiger partial charge in [0.2, 0.25) is 0 Å². The first-order valence-corrected chi connectivity index (χ1v) is 24.8. The Kier molecular flexibility index (Phi) is 11.2. The lowest BCUT2D eigenvalue weighted by Gasteiger charge is -2.21. The van der Waals surface area contributed by atoms with Crippen LogP contribution in [0.15, 0.2) is 279 Å². The van der Waals surface area contributed by atoms with Crippen LogP contribution >= 0.6 is 0 Å². The minimum absolute atomic E-state index is 0.578. The third kappa shape index (κ3) is 8.37. The molecule has 0 radical (unpaired) electrons. The second kappa shape index (κ2) is 18.9. The molecular weight excluding hydrogens is 885 g/mol. The van der Waals surface area contributed by atoms with Crippen LogP contribution in [0.2, 0.25) is 0 Å². The molecule has 0 aliphatic heterocycles. The summed E-state index contributed by atoms with van der Waals surface area (Å²) in [5.74, 6) is 1.76. The van der Waals surface area contributed by atoms with Crippen LogP contribution in [0.1, 0.15) is 0 Å². The Morgan fingerprint density at radius 1 is 0.205 bits per heavy atom. The normalized spacial score (nSPS) is 11.3. The van der Waals surface area contributed by atoms with Gasteiger partial charge in [-0.25, -0.2) is 15.0 Å². The number of para-hydroxylation sites is 1. The van der Waals surface area contributed by atoms with Gasteiger partial charge in [0.15, 0.2) is 17.5 Å². The molecule has 4 heteroatoms. The van der Waals surface area contributed by atoms with Gasteiger partial charge in [-0.15, -0.1) is 0 Å². The quantitative estimate of drug-likeness (QED) is 0.137. The molecule has 0 fully saturated rings. The number of nitrogens with zero attached hydrogens (tertiary/aromatic N) is 4. The topological polar surface area (TPSA) is 43.6 Å². The van der Waals surface area contributed by atoms with Gasteiger partial charge in [-0.05, 0) is 104 Å². The Labute approximate surface area is 424 Å². The van der Waals surface area contributed by atoms with E-state index in [0.29, 0.717) is 17.5 Å². The first kappa shape index (κ1) is 43.3. The summed E-state index contributed by atoms with van der Waals surface area (Å²) in [5, 5.41) is 2.38. The molecular formula is C69H46N4. The molecule has 0 amide bonds. The van der Waals surface area contributed by atoms with E-state index in [1.807, 2.05) is 6.07 Å². The molecule has 0 saturated heterocycles. The fourth-order valence-electron chi connectivity index (χ4n) is 10.3. The predicted molar refractivity (Wildman–Crippen MR) is 303 cm³/mol. The van der Waals surface area contributed by atoms with E-state index in [4.69, 9.17) is 15.0 Å². The second-order valence-corrected chi connectivity index (χ2v) is 18.4. The van der Waals surface area contributed by atoms with Crippen LogP contribution in [0.25, 0.3) is 128 Å². The zero-order chi connectivity index (χ0) is 48.5. The van der Waals surface area contributed by atoms with Gasteiger partial charge in [-0.2, -0.15) is 0 Å². The van der Waals surface area contributed by atoms with Crippen molar-refractivity contribution in [3.8, 4) is 107 Å². The molecule has 342 valence electrons. The van der Waals surface area contributed by atoms with Crippen molar-refractivity contribution in [2.45, 2.75) is 0 Å². The van der Waals surface area contributed by atoms with E-state index >= 15 is 0 Å². The van der Waals surface area contributed by atoms with Gasteiger partial charge >= 0.3 is 0 Å². The monoisotopic (exact) mass is 930 g/mol. The van der Waals surface area contributed by atoms with Crippen molar-refractivity contribution >= 4 is 21.8 Å². The van der Waals surface area contributed by atoms with Crippen LogP contribution in [-0.2, 0) is 0 Å². The van der Waals surface area contributed by atoms with Crippen molar-refractivity contribution < 1.29 is 0 Å². The number of rotatable bonds is 10. The molecule has 13 rings (SSSR count). The lowest BCUT2D eigenvalue weighted by atomic mass is 9.92. The van der Waals surface area contributed by atoms with Gasteiger partial charge < -0.3 is 4.57 Å². The highest BCUT2D eigenvalue weighted by Crippen LogP contribution is 2.45. The Morgan fingerprint density at radius 3 is 1.03 bits per heavy atom. The second-order valence-electron chi connectivity index (χ2n) is 18.4. The summed E-state index contributed by atoms with van der Waals surface area (Å²) in [6.45, 7) is 0. The minimum Gasteiger partial charge on any atom is -0.308 e. The highest BCUT2D eigenvalue weighted by atomic mass is 15.0. The third-order valence-electron chi connectivity index (χ3n) is 13.8. The molecule has 0 bridgehead atoms. The van der Waals surface area contributed by atoms with Gasteiger partial charge in [0.05, 0.1) is 16.7 Å². The van der Waals surface area contributed by atoms with E-state index in [1.54, 1.807) is 0 Å². The van der Waals surface area contributed by atoms with E-state index < -0.39 is 0 Å². The smallest absolute Gasteiger partial charge is 0.164 e. The van der Waals surface area contributed by atoms with E-state index in [0.717, 1.165) is 89.0 Å². The van der Waals surface area contributed by atoms with Crippen LogP contribution in [-0.4, -0.2) is 19.5 Å². The predicted octanol–water partition coefficient (Wildman–Crippen LogP) is 18.0. The molecule has 2 heterocycles. The van der Waals surface area contributed by atoms with Crippen molar-refractivity contribution in [3.05, 3.63) is 279 Å². The van der Waals surface area contributed by atoms with Gasteiger partial charge in [-0.1, -0.05) is 231 Å². The lowest BCUT2D eigenvalue weighted by molar-refractivity contribution is 1.07. The van der Waals surface area contributed by atoms with Crippen molar-refractivity contribution in [1.29, 1.82) is 0 Å². The van der Waals surface area contributed by atoms with Crippen LogP contribution in [0.3, 0.4) is 0 Å². The molecule has 73 heavy (non-hydrogen) atoms. The van der Waals surface area contributed by atoms with Gasteiger partial charge in [0, 0.05) is 38.6 Å². The van der Waals surface area contributed by atoms with Crippen molar-refractivity contribution in [2.24, 2.45) is 0 Å². The summed E-state index contributed by atoms with van der Waals surface area (Å²) in [5.41, 5.74) is 19.3.